The summed E-state index contributed by atoms with van der Waals surface area (Å²) in [6.45, 7) is 1.96. The van der Waals surface area contributed by atoms with Gasteiger partial charge in [-0.15, -0.1) is 0 Å². The number of anilines is 2. The fraction of sp³-hybridized carbons (Fsp3) is 0.478. The number of amides is 1. The number of benzene rings is 1. The highest BCUT2D eigenvalue weighted by Gasteiger charge is 2.36. The maximum absolute atomic E-state index is 14.7. The first-order chi connectivity index (χ1) is 15.8. The van der Waals surface area contributed by atoms with Crippen LogP contribution in [0.1, 0.15) is 46.7 Å². The topological polar surface area (TPSA) is 48.5 Å². The molecule has 1 aromatic carbocycles. The lowest BCUT2D eigenvalue weighted by Crippen LogP contribution is -2.49. The standard InChI is InChI=1S/C23H25BF4N4O/c25-20-13-17(30-24-6-1-7-24)4-5-18(20)22(33)32-10-8-31(9-11-32)21-19(15-2-3-15)12-16(14-29-21)23(26,27)28/h4-5,12-15,30H,1-3,6-11H2. The lowest BCUT2D eigenvalue weighted by molar-refractivity contribution is -0.137. The number of nitrogens with zero attached hydrogens (tertiary/aromatic N) is 3. The molecule has 5 rings (SSSR count). The number of halogens is 4. The van der Waals surface area contributed by atoms with Crippen LogP contribution in [0, 0.1) is 5.82 Å². The first kappa shape index (κ1) is 22.0. The predicted molar refractivity (Wildman–Crippen MR) is 119 cm³/mol. The van der Waals surface area contributed by atoms with Gasteiger partial charge in [-0.25, -0.2) is 9.37 Å². The summed E-state index contributed by atoms with van der Waals surface area (Å²) >= 11 is 0. The van der Waals surface area contributed by atoms with Crippen LogP contribution in [0.15, 0.2) is 30.5 Å². The van der Waals surface area contributed by atoms with Gasteiger partial charge in [0, 0.05) is 38.1 Å². The number of hydrogen-bond donors (Lipinski definition) is 1. The van der Waals surface area contributed by atoms with Gasteiger partial charge in [-0.1, -0.05) is 19.1 Å². The monoisotopic (exact) mass is 460 g/mol. The molecule has 1 N–H and O–H groups in total. The Morgan fingerprint density at radius 1 is 1.09 bits per heavy atom. The van der Waals surface area contributed by atoms with Crippen LogP contribution < -0.4 is 10.1 Å². The summed E-state index contributed by atoms with van der Waals surface area (Å²) in [4.78, 5) is 20.6. The van der Waals surface area contributed by atoms with E-state index in [-0.39, 0.29) is 17.4 Å². The first-order valence-electron chi connectivity index (χ1n) is 11.5. The van der Waals surface area contributed by atoms with Gasteiger partial charge in [0.1, 0.15) is 11.6 Å². The van der Waals surface area contributed by atoms with Gasteiger partial charge in [0.05, 0.1) is 11.1 Å². The van der Waals surface area contributed by atoms with Crippen LogP contribution in [-0.4, -0.2) is 48.8 Å². The van der Waals surface area contributed by atoms with Crippen LogP contribution in [0.3, 0.4) is 0 Å². The number of pyridine rings is 1. The highest BCUT2D eigenvalue weighted by molar-refractivity contribution is 6.65. The third kappa shape index (κ3) is 4.65. The SMILES string of the molecule is O=C(c1ccc(NB2CCC2)cc1F)N1CCN(c2ncc(C(F)(F)F)cc2C2CC2)CC1. The first-order valence-corrected chi connectivity index (χ1v) is 11.5. The van der Waals surface area contributed by atoms with Crippen LogP contribution in [-0.2, 0) is 6.18 Å². The summed E-state index contributed by atoms with van der Waals surface area (Å²) in [6, 6.07) is 5.84. The quantitative estimate of drug-likeness (QED) is 0.510. The number of carbonyl (C=O) groups excluding carboxylic acids is 1. The Balaban J connectivity index is 1.25. The molecule has 1 saturated carbocycles. The van der Waals surface area contributed by atoms with Gasteiger partial charge in [-0.3, -0.25) is 4.79 Å². The van der Waals surface area contributed by atoms with Crippen LogP contribution in [0.2, 0.25) is 12.6 Å². The Morgan fingerprint density at radius 2 is 1.82 bits per heavy atom. The van der Waals surface area contributed by atoms with Crippen molar-refractivity contribution in [3.63, 3.8) is 0 Å². The van der Waals surface area contributed by atoms with Gasteiger partial charge in [0.15, 0.2) is 0 Å². The molecule has 174 valence electrons. The zero-order valence-electron chi connectivity index (χ0n) is 18.2. The van der Waals surface area contributed by atoms with E-state index >= 15 is 0 Å². The third-order valence-electron chi connectivity index (χ3n) is 6.78. The third-order valence-corrected chi connectivity index (χ3v) is 6.78. The van der Waals surface area contributed by atoms with Gasteiger partial charge >= 0.3 is 6.18 Å². The molecule has 2 aliphatic heterocycles. The summed E-state index contributed by atoms with van der Waals surface area (Å²) in [6.07, 6.45) is 1.50. The zero-order chi connectivity index (χ0) is 23.2. The fourth-order valence-electron chi connectivity index (χ4n) is 4.45. The van der Waals surface area contributed by atoms with Crippen molar-refractivity contribution in [2.24, 2.45) is 0 Å². The Hall–Kier alpha value is -2.78. The lowest BCUT2D eigenvalue weighted by atomic mass is 9.45. The van der Waals surface area contributed by atoms with E-state index in [0.717, 1.165) is 31.7 Å². The molecular weight excluding hydrogens is 435 g/mol. The maximum Gasteiger partial charge on any atom is 0.417 e. The van der Waals surface area contributed by atoms with Crippen molar-refractivity contribution in [2.45, 2.75) is 44.0 Å². The smallest absolute Gasteiger partial charge is 0.417 e. The van der Waals surface area contributed by atoms with E-state index in [0.29, 0.717) is 50.1 Å². The number of aromatic nitrogens is 1. The van der Waals surface area contributed by atoms with Crippen LogP contribution in [0.25, 0.3) is 0 Å². The van der Waals surface area contributed by atoms with E-state index in [4.69, 9.17) is 0 Å². The molecule has 1 amide bonds. The molecule has 3 heterocycles. The Labute approximate surface area is 190 Å². The maximum atomic E-state index is 14.7. The summed E-state index contributed by atoms with van der Waals surface area (Å²) in [5.41, 5.74) is 0.617. The van der Waals surface area contributed by atoms with Crippen LogP contribution >= 0.6 is 0 Å². The molecule has 0 bridgehead atoms. The second-order valence-electron chi connectivity index (χ2n) is 9.15. The minimum absolute atomic E-state index is 0.0361. The minimum atomic E-state index is -4.42. The van der Waals surface area contributed by atoms with Crippen molar-refractivity contribution in [1.82, 2.24) is 9.88 Å². The van der Waals surface area contributed by atoms with Gasteiger partial charge in [0.25, 0.3) is 12.8 Å². The highest BCUT2D eigenvalue weighted by Crippen LogP contribution is 2.45. The summed E-state index contributed by atoms with van der Waals surface area (Å²) in [7, 11) is 0. The lowest BCUT2D eigenvalue weighted by Gasteiger charge is -2.36. The van der Waals surface area contributed by atoms with Crippen LogP contribution in [0.4, 0.5) is 29.1 Å². The Bertz CT molecular complexity index is 1050. The molecule has 2 aromatic rings. The van der Waals surface area contributed by atoms with Gasteiger partial charge in [-0.05, 0) is 48.6 Å². The molecule has 10 heteroatoms. The molecule has 0 radical (unpaired) electrons. The van der Waals surface area contributed by atoms with Crippen molar-refractivity contribution >= 4 is 24.3 Å². The van der Waals surface area contributed by atoms with Crippen LogP contribution in [0.5, 0.6) is 0 Å². The summed E-state index contributed by atoms with van der Waals surface area (Å²) < 4.78 is 54.1. The Morgan fingerprint density at radius 3 is 2.39 bits per heavy atom. The van der Waals surface area contributed by atoms with E-state index in [1.165, 1.54) is 24.6 Å². The van der Waals surface area contributed by atoms with Crippen molar-refractivity contribution in [3.05, 3.63) is 53.0 Å². The molecular formula is C23H25BF4N4O. The average molecular weight is 460 g/mol. The van der Waals surface area contributed by atoms with Crippen molar-refractivity contribution < 1.29 is 22.4 Å². The van der Waals surface area contributed by atoms with Gasteiger partial charge in [0.2, 0.25) is 0 Å². The van der Waals surface area contributed by atoms with E-state index < -0.39 is 17.6 Å². The molecule has 3 aliphatic rings. The molecule has 1 aromatic heterocycles. The van der Waals surface area contributed by atoms with E-state index in [1.54, 1.807) is 11.0 Å². The second-order valence-corrected chi connectivity index (χ2v) is 9.15. The van der Waals surface area contributed by atoms with E-state index in [9.17, 15) is 22.4 Å². The highest BCUT2D eigenvalue weighted by atomic mass is 19.4. The number of piperazine rings is 1. The zero-order valence-corrected chi connectivity index (χ0v) is 18.2. The molecule has 0 unspecified atom stereocenters. The van der Waals surface area contributed by atoms with Crippen molar-refractivity contribution in [1.29, 1.82) is 0 Å². The molecule has 0 atom stereocenters. The van der Waals surface area contributed by atoms with E-state index in [2.05, 4.69) is 10.2 Å². The number of rotatable bonds is 5. The number of carbonyl (C=O) groups is 1. The van der Waals surface area contributed by atoms with E-state index in [1.807, 2.05) is 4.90 Å². The van der Waals surface area contributed by atoms with Crippen molar-refractivity contribution in [2.75, 3.05) is 36.3 Å². The largest absolute Gasteiger partial charge is 0.428 e. The fourth-order valence-corrected chi connectivity index (χ4v) is 4.45. The summed E-state index contributed by atoms with van der Waals surface area (Å²) in [5.74, 6) is -0.247. The second kappa shape index (κ2) is 8.54. The average Bonchev–Trinajstić information content (AvgIpc) is 3.60. The number of nitrogens with one attached hydrogen (secondary N) is 1. The molecule has 2 saturated heterocycles. The Kier molecular flexibility index (Phi) is 5.70. The molecule has 0 spiro atoms. The number of hydrogen-bond acceptors (Lipinski definition) is 4. The minimum Gasteiger partial charge on any atom is -0.428 e. The molecule has 33 heavy (non-hydrogen) atoms. The molecule has 5 nitrogen and oxygen atoms in total. The molecule has 3 fully saturated rings. The molecule has 1 aliphatic carbocycles. The van der Waals surface area contributed by atoms with Crippen molar-refractivity contribution in [3.8, 4) is 0 Å². The predicted octanol–water partition coefficient (Wildman–Crippen LogP) is 4.89. The van der Waals surface area contributed by atoms with Gasteiger partial charge in [-0.2, -0.15) is 13.2 Å². The summed E-state index contributed by atoms with van der Waals surface area (Å²) in [5, 5.41) is 3.27. The number of alkyl halides is 3. The normalized spacial score (nSPS) is 18.8. The van der Waals surface area contributed by atoms with Gasteiger partial charge < -0.3 is 15.0 Å².